The van der Waals surface area contributed by atoms with Crippen molar-refractivity contribution in [3.63, 3.8) is 0 Å². The van der Waals surface area contributed by atoms with Gasteiger partial charge in [-0.1, -0.05) is 87.6 Å². The van der Waals surface area contributed by atoms with E-state index in [0.29, 0.717) is 0 Å². The minimum absolute atomic E-state index is 1.27. The lowest BCUT2D eigenvalue weighted by atomic mass is 10.4. The van der Waals surface area contributed by atoms with Crippen LogP contribution in [-0.4, -0.2) is 0 Å². The maximum absolute atomic E-state index is 2.18. The highest BCUT2D eigenvalue weighted by Crippen LogP contribution is 2.31. The molecule has 0 unspecified atom stereocenters. The van der Waals surface area contributed by atoms with Gasteiger partial charge in [-0.3, -0.25) is 0 Å². The van der Waals surface area contributed by atoms with E-state index in [4.69, 9.17) is 0 Å². The Balaban J connectivity index is 0.000000671. The predicted molar refractivity (Wildman–Crippen MR) is 110 cm³/mol. The standard InChI is InChI=1S/C18H14S2.2C2H6/c1-3-7-15(8-4-1)19-17-11-13-18(14-12-17)20-16-9-5-2-6-10-16;2*1-2/h1-14H;2*1-2H3. The monoisotopic (exact) mass is 354 g/mol. The van der Waals surface area contributed by atoms with Crippen molar-refractivity contribution in [2.75, 3.05) is 0 Å². The molecular formula is C22H26S2. The zero-order valence-electron chi connectivity index (χ0n) is 14.9. The molecule has 0 saturated heterocycles. The first-order valence-corrected chi connectivity index (χ1v) is 10.1. The Hall–Kier alpha value is -1.64. The first-order chi connectivity index (χ1) is 11.9. The first-order valence-electron chi connectivity index (χ1n) is 8.46. The van der Waals surface area contributed by atoms with Crippen LogP contribution in [0.4, 0.5) is 0 Å². The van der Waals surface area contributed by atoms with E-state index in [1.54, 1.807) is 23.5 Å². The summed E-state index contributed by atoms with van der Waals surface area (Å²) in [5.41, 5.74) is 0. The van der Waals surface area contributed by atoms with Crippen molar-refractivity contribution in [3.05, 3.63) is 84.9 Å². The molecule has 0 aromatic heterocycles. The summed E-state index contributed by atoms with van der Waals surface area (Å²) in [4.78, 5) is 5.09. The molecule has 0 bridgehead atoms. The summed E-state index contributed by atoms with van der Waals surface area (Å²) in [6.07, 6.45) is 0. The zero-order chi connectivity index (χ0) is 17.6. The van der Waals surface area contributed by atoms with E-state index >= 15 is 0 Å². The van der Waals surface area contributed by atoms with Crippen molar-refractivity contribution in [1.29, 1.82) is 0 Å². The van der Waals surface area contributed by atoms with E-state index in [2.05, 4.69) is 72.8 Å². The smallest absolute Gasteiger partial charge is 0.0123 e. The molecule has 0 atom stereocenters. The summed E-state index contributed by atoms with van der Waals surface area (Å²) in [5.74, 6) is 0. The Labute approximate surface area is 155 Å². The molecule has 0 nitrogen and oxygen atoms in total. The summed E-state index contributed by atoms with van der Waals surface area (Å²) in [6.45, 7) is 8.00. The van der Waals surface area contributed by atoms with Crippen molar-refractivity contribution in [3.8, 4) is 0 Å². The molecule has 0 heterocycles. The van der Waals surface area contributed by atoms with E-state index in [-0.39, 0.29) is 0 Å². The number of hydrogen-bond donors (Lipinski definition) is 0. The normalized spacial score (nSPS) is 9.17. The molecule has 0 aliphatic carbocycles. The van der Waals surface area contributed by atoms with Crippen LogP contribution in [0.1, 0.15) is 27.7 Å². The van der Waals surface area contributed by atoms with Crippen LogP contribution in [0.2, 0.25) is 0 Å². The summed E-state index contributed by atoms with van der Waals surface area (Å²) in [7, 11) is 0. The molecule has 0 radical (unpaired) electrons. The van der Waals surface area contributed by atoms with Crippen molar-refractivity contribution in [2.24, 2.45) is 0 Å². The van der Waals surface area contributed by atoms with Crippen molar-refractivity contribution >= 4 is 23.5 Å². The van der Waals surface area contributed by atoms with Crippen LogP contribution >= 0.6 is 23.5 Å². The van der Waals surface area contributed by atoms with Crippen LogP contribution in [0.25, 0.3) is 0 Å². The third-order valence-electron chi connectivity index (χ3n) is 2.78. The highest BCUT2D eigenvalue weighted by atomic mass is 32.2. The largest absolute Gasteiger partial charge is 0.0901 e. The minimum Gasteiger partial charge on any atom is -0.0901 e. The molecule has 2 heteroatoms. The maximum Gasteiger partial charge on any atom is 0.0123 e. The molecule has 0 aliphatic heterocycles. The Kier molecular flexibility index (Phi) is 10.8. The Bertz CT molecular complexity index is 586. The maximum atomic E-state index is 2.18. The van der Waals surface area contributed by atoms with Gasteiger partial charge in [0.15, 0.2) is 0 Å². The van der Waals surface area contributed by atoms with Gasteiger partial charge in [-0.15, -0.1) is 0 Å². The molecule has 0 saturated carbocycles. The average molecular weight is 355 g/mol. The molecular weight excluding hydrogens is 328 g/mol. The van der Waals surface area contributed by atoms with Crippen LogP contribution in [-0.2, 0) is 0 Å². The van der Waals surface area contributed by atoms with E-state index in [1.807, 2.05) is 39.8 Å². The van der Waals surface area contributed by atoms with Crippen molar-refractivity contribution < 1.29 is 0 Å². The first kappa shape index (κ1) is 20.4. The Morgan fingerprint density at radius 3 is 0.917 bits per heavy atom. The predicted octanol–water partition coefficient (Wildman–Crippen LogP) is 8.04. The average Bonchev–Trinajstić information content (AvgIpc) is 2.68. The Morgan fingerprint density at radius 1 is 0.375 bits per heavy atom. The zero-order valence-corrected chi connectivity index (χ0v) is 16.5. The van der Waals surface area contributed by atoms with Crippen molar-refractivity contribution in [2.45, 2.75) is 47.3 Å². The van der Waals surface area contributed by atoms with Crippen LogP contribution in [0, 0.1) is 0 Å². The van der Waals surface area contributed by atoms with E-state index in [0.717, 1.165) is 0 Å². The lowest BCUT2D eigenvalue weighted by Crippen LogP contribution is -1.75. The van der Waals surface area contributed by atoms with Gasteiger partial charge in [0, 0.05) is 19.6 Å². The van der Waals surface area contributed by atoms with E-state index < -0.39 is 0 Å². The number of hydrogen-bond acceptors (Lipinski definition) is 2. The second kappa shape index (κ2) is 12.7. The van der Waals surface area contributed by atoms with Gasteiger partial charge in [-0.2, -0.15) is 0 Å². The number of rotatable bonds is 4. The van der Waals surface area contributed by atoms with Gasteiger partial charge < -0.3 is 0 Å². The van der Waals surface area contributed by atoms with Crippen molar-refractivity contribution in [1.82, 2.24) is 0 Å². The third kappa shape index (κ3) is 7.29. The van der Waals surface area contributed by atoms with Gasteiger partial charge in [0.05, 0.1) is 0 Å². The minimum atomic E-state index is 1.27. The van der Waals surface area contributed by atoms with Crippen LogP contribution < -0.4 is 0 Å². The molecule has 0 N–H and O–H groups in total. The van der Waals surface area contributed by atoms with Gasteiger partial charge in [-0.05, 0) is 48.5 Å². The summed E-state index contributed by atoms with van der Waals surface area (Å²) < 4.78 is 0. The molecule has 126 valence electrons. The van der Waals surface area contributed by atoms with Gasteiger partial charge >= 0.3 is 0 Å². The fourth-order valence-corrected chi connectivity index (χ4v) is 3.50. The molecule has 0 fully saturated rings. The SMILES string of the molecule is CC.CC.c1ccc(Sc2ccc(Sc3ccccc3)cc2)cc1. The molecule has 0 aliphatic rings. The van der Waals surface area contributed by atoms with E-state index in [9.17, 15) is 0 Å². The lowest BCUT2D eigenvalue weighted by molar-refractivity contribution is 1.33. The third-order valence-corrected chi connectivity index (χ3v) is 4.81. The highest BCUT2D eigenvalue weighted by molar-refractivity contribution is 7.99. The molecule has 0 amide bonds. The van der Waals surface area contributed by atoms with Crippen LogP contribution in [0.5, 0.6) is 0 Å². The van der Waals surface area contributed by atoms with Gasteiger partial charge in [0.25, 0.3) is 0 Å². The van der Waals surface area contributed by atoms with Crippen LogP contribution in [0.15, 0.2) is 105 Å². The Morgan fingerprint density at radius 2 is 0.625 bits per heavy atom. The molecule has 3 aromatic carbocycles. The van der Waals surface area contributed by atoms with Crippen LogP contribution in [0.3, 0.4) is 0 Å². The molecule has 3 rings (SSSR count). The fraction of sp³-hybridized carbons (Fsp3) is 0.182. The molecule has 3 aromatic rings. The topological polar surface area (TPSA) is 0 Å². The summed E-state index contributed by atoms with van der Waals surface area (Å²) in [6, 6.07) is 29.7. The van der Waals surface area contributed by atoms with E-state index in [1.165, 1.54) is 19.6 Å². The highest BCUT2D eigenvalue weighted by Gasteiger charge is 1.99. The lowest BCUT2D eigenvalue weighted by Gasteiger charge is -2.04. The second-order valence-corrected chi connectivity index (χ2v) is 6.60. The summed E-state index contributed by atoms with van der Waals surface area (Å²) >= 11 is 3.59. The quantitative estimate of drug-likeness (QED) is 0.465. The summed E-state index contributed by atoms with van der Waals surface area (Å²) in [5, 5.41) is 0. The number of benzene rings is 3. The second-order valence-electron chi connectivity index (χ2n) is 4.30. The fourth-order valence-electron chi connectivity index (χ4n) is 1.82. The van der Waals surface area contributed by atoms with Gasteiger partial charge in [0.2, 0.25) is 0 Å². The van der Waals surface area contributed by atoms with Gasteiger partial charge in [-0.25, -0.2) is 0 Å². The van der Waals surface area contributed by atoms with Gasteiger partial charge in [0.1, 0.15) is 0 Å². The molecule has 0 spiro atoms. The molecule has 24 heavy (non-hydrogen) atoms.